The van der Waals surface area contributed by atoms with Crippen LogP contribution in [0.2, 0.25) is 5.02 Å². The molecule has 3 nitrogen and oxygen atoms in total. The number of hydrogen-bond donors (Lipinski definition) is 2. The minimum Gasteiger partial charge on any atom is -0.399 e. The van der Waals surface area contributed by atoms with Crippen LogP contribution in [0.25, 0.3) is 0 Å². The number of anilines is 2. The molecule has 98 valence electrons. The Labute approximate surface area is 115 Å². The van der Waals surface area contributed by atoms with Crippen LogP contribution in [0.4, 0.5) is 15.8 Å². The summed E-state index contributed by atoms with van der Waals surface area (Å²) in [4.78, 5) is 11.8. The van der Waals surface area contributed by atoms with Crippen LogP contribution in [0.15, 0.2) is 42.5 Å². The molecule has 0 aliphatic carbocycles. The van der Waals surface area contributed by atoms with Gasteiger partial charge in [0.1, 0.15) is 5.82 Å². The van der Waals surface area contributed by atoms with Gasteiger partial charge in [-0.2, -0.15) is 0 Å². The Kier molecular flexibility index (Phi) is 4.02. The molecular weight excluding hydrogens is 267 g/mol. The predicted molar refractivity (Wildman–Crippen MR) is 74.6 cm³/mol. The normalized spacial score (nSPS) is 10.2. The quantitative estimate of drug-likeness (QED) is 0.847. The molecule has 2 aromatic carbocycles. The molecule has 1 amide bonds. The van der Waals surface area contributed by atoms with Crippen molar-refractivity contribution in [1.82, 2.24) is 0 Å². The number of nitrogens with two attached hydrogens (primary N) is 1. The van der Waals surface area contributed by atoms with Crippen LogP contribution in [-0.2, 0) is 11.2 Å². The van der Waals surface area contributed by atoms with Gasteiger partial charge in [-0.05, 0) is 35.9 Å². The summed E-state index contributed by atoms with van der Waals surface area (Å²) in [5, 5.41) is 3.16. The summed E-state index contributed by atoms with van der Waals surface area (Å²) < 4.78 is 13.1. The Morgan fingerprint density at radius 2 is 2.05 bits per heavy atom. The number of rotatable bonds is 3. The number of amides is 1. The van der Waals surface area contributed by atoms with Crippen molar-refractivity contribution in [2.24, 2.45) is 0 Å². The zero-order valence-corrected chi connectivity index (χ0v) is 10.7. The second-order valence-electron chi connectivity index (χ2n) is 4.13. The standard InChI is InChI=1S/C14H12ClFN2O/c15-10-3-1-2-9(4-10)5-14(19)18-13-7-11(16)6-12(17)8-13/h1-4,6-8H,5,17H2,(H,18,19). The van der Waals surface area contributed by atoms with Gasteiger partial charge < -0.3 is 11.1 Å². The second-order valence-corrected chi connectivity index (χ2v) is 4.56. The van der Waals surface area contributed by atoms with E-state index < -0.39 is 5.82 Å². The largest absolute Gasteiger partial charge is 0.399 e. The highest BCUT2D eigenvalue weighted by Gasteiger charge is 2.06. The molecule has 5 heteroatoms. The van der Waals surface area contributed by atoms with Gasteiger partial charge in [0.2, 0.25) is 5.91 Å². The summed E-state index contributed by atoms with van der Waals surface area (Å²) in [6.45, 7) is 0. The predicted octanol–water partition coefficient (Wildman–Crippen LogP) is 3.24. The monoisotopic (exact) mass is 278 g/mol. The van der Waals surface area contributed by atoms with Crippen LogP contribution < -0.4 is 11.1 Å². The van der Waals surface area contributed by atoms with Gasteiger partial charge in [-0.1, -0.05) is 23.7 Å². The molecule has 0 saturated carbocycles. The molecular formula is C14H12ClFN2O. The minimum absolute atomic E-state index is 0.164. The fourth-order valence-electron chi connectivity index (χ4n) is 1.72. The Morgan fingerprint density at radius 1 is 1.26 bits per heavy atom. The number of halogens is 2. The van der Waals surface area contributed by atoms with E-state index in [1.54, 1.807) is 24.3 Å². The highest BCUT2D eigenvalue weighted by molar-refractivity contribution is 6.30. The number of benzene rings is 2. The first-order valence-corrected chi connectivity index (χ1v) is 6.01. The van der Waals surface area contributed by atoms with Crippen molar-refractivity contribution in [3.05, 3.63) is 58.9 Å². The van der Waals surface area contributed by atoms with E-state index in [2.05, 4.69) is 5.32 Å². The highest BCUT2D eigenvalue weighted by Crippen LogP contribution is 2.16. The van der Waals surface area contributed by atoms with E-state index in [0.717, 1.165) is 5.56 Å². The fourth-order valence-corrected chi connectivity index (χ4v) is 1.93. The third-order valence-corrected chi connectivity index (χ3v) is 2.69. The van der Waals surface area contributed by atoms with Crippen molar-refractivity contribution >= 4 is 28.9 Å². The number of carbonyl (C=O) groups excluding carboxylic acids is 1. The number of hydrogen-bond acceptors (Lipinski definition) is 2. The molecule has 0 spiro atoms. The van der Waals surface area contributed by atoms with Crippen LogP contribution in [0.5, 0.6) is 0 Å². The molecule has 0 aliphatic rings. The Balaban J connectivity index is 2.05. The lowest BCUT2D eigenvalue weighted by molar-refractivity contribution is -0.115. The Morgan fingerprint density at radius 3 is 2.74 bits per heavy atom. The van der Waals surface area contributed by atoms with E-state index in [-0.39, 0.29) is 18.0 Å². The van der Waals surface area contributed by atoms with Crippen LogP contribution in [0.3, 0.4) is 0 Å². The molecule has 3 N–H and O–H groups in total. The average molecular weight is 279 g/mol. The molecule has 2 rings (SSSR count). The molecule has 0 unspecified atom stereocenters. The van der Waals surface area contributed by atoms with Gasteiger partial charge in [0.25, 0.3) is 0 Å². The van der Waals surface area contributed by atoms with Gasteiger partial charge in [-0.25, -0.2) is 4.39 Å². The number of nitrogen functional groups attached to an aromatic ring is 1. The molecule has 0 heterocycles. The van der Waals surface area contributed by atoms with Crippen molar-refractivity contribution in [2.45, 2.75) is 6.42 Å². The average Bonchev–Trinajstić information content (AvgIpc) is 2.26. The molecule has 0 atom stereocenters. The molecule has 2 aromatic rings. The molecule has 0 aliphatic heterocycles. The van der Waals surface area contributed by atoms with Crippen molar-refractivity contribution in [3.8, 4) is 0 Å². The molecule has 0 radical (unpaired) electrons. The van der Waals surface area contributed by atoms with Crippen molar-refractivity contribution < 1.29 is 9.18 Å². The van der Waals surface area contributed by atoms with Gasteiger partial charge in [-0.3, -0.25) is 4.79 Å². The SMILES string of the molecule is Nc1cc(F)cc(NC(=O)Cc2cccc(Cl)c2)c1. The lowest BCUT2D eigenvalue weighted by atomic mass is 10.1. The smallest absolute Gasteiger partial charge is 0.228 e. The van der Waals surface area contributed by atoms with Crippen LogP contribution in [0, 0.1) is 5.82 Å². The maximum absolute atomic E-state index is 13.1. The highest BCUT2D eigenvalue weighted by atomic mass is 35.5. The van der Waals surface area contributed by atoms with Crippen LogP contribution >= 0.6 is 11.6 Å². The zero-order chi connectivity index (χ0) is 13.8. The first-order chi connectivity index (χ1) is 9.02. The maximum Gasteiger partial charge on any atom is 0.228 e. The third kappa shape index (κ3) is 3.96. The molecule has 0 fully saturated rings. The molecule has 0 saturated heterocycles. The van der Waals surface area contributed by atoms with E-state index in [0.29, 0.717) is 10.7 Å². The number of carbonyl (C=O) groups is 1. The third-order valence-electron chi connectivity index (χ3n) is 2.46. The molecule has 0 aromatic heterocycles. The summed E-state index contributed by atoms with van der Waals surface area (Å²) >= 11 is 5.83. The van der Waals surface area contributed by atoms with Crippen molar-refractivity contribution in [3.63, 3.8) is 0 Å². The Hall–Kier alpha value is -2.07. The first-order valence-electron chi connectivity index (χ1n) is 5.63. The number of nitrogens with one attached hydrogen (secondary N) is 1. The second kappa shape index (κ2) is 5.71. The summed E-state index contributed by atoms with van der Waals surface area (Å²) in [6, 6.07) is 10.9. The van der Waals surface area contributed by atoms with Crippen molar-refractivity contribution in [2.75, 3.05) is 11.1 Å². The zero-order valence-electron chi connectivity index (χ0n) is 9.99. The van der Waals surface area contributed by atoms with Gasteiger partial charge >= 0.3 is 0 Å². The first kappa shape index (κ1) is 13.4. The molecule has 19 heavy (non-hydrogen) atoms. The van der Waals surface area contributed by atoms with E-state index in [4.69, 9.17) is 17.3 Å². The van der Waals surface area contributed by atoms with Gasteiger partial charge in [0.15, 0.2) is 0 Å². The van der Waals surface area contributed by atoms with E-state index in [1.165, 1.54) is 18.2 Å². The van der Waals surface area contributed by atoms with Crippen molar-refractivity contribution in [1.29, 1.82) is 0 Å². The Bertz CT molecular complexity index is 596. The van der Waals surface area contributed by atoms with Crippen LogP contribution in [-0.4, -0.2) is 5.91 Å². The minimum atomic E-state index is -0.488. The van der Waals surface area contributed by atoms with Crippen LogP contribution in [0.1, 0.15) is 5.56 Å². The van der Waals surface area contributed by atoms with E-state index in [1.807, 2.05) is 0 Å². The van der Waals surface area contributed by atoms with Gasteiger partial charge in [0, 0.05) is 16.4 Å². The lowest BCUT2D eigenvalue weighted by Crippen LogP contribution is -2.14. The fraction of sp³-hybridized carbons (Fsp3) is 0.0714. The maximum atomic E-state index is 13.1. The summed E-state index contributed by atoms with van der Waals surface area (Å²) in [5.41, 5.74) is 6.88. The van der Waals surface area contributed by atoms with E-state index in [9.17, 15) is 9.18 Å². The van der Waals surface area contributed by atoms with Gasteiger partial charge in [0.05, 0.1) is 6.42 Å². The summed E-state index contributed by atoms with van der Waals surface area (Å²) in [6.07, 6.45) is 0.164. The molecule has 0 bridgehead atoms. The summed E-state index contributed by atoms with van der Waals surface area (Å²) in [5.74, 6) is -0.745. The summed E-state index contributed by atoms with van der Waals surface area (Å²) in [7, 11) is 0. The lowest BCUT2D eigenvalue weighted by Gasteiger charge is -2.06. The topological polar surface area (TPSA) is 55.1 Å². The van der Waals surface area contributed by atoms with E-state index >= 15 is 0 Å². The van der Waals surface area contributed by atoms with Gasteiger partial charge in [-0.15, -0.1) is 0 Å².